The van der Waals surface area contributed by atoms with E-state index >= 15 is 0 Å². The Hall–Kier alpha value is -3.22. The van der Waals surface area contributed by atoms with Crippen molar-refractivity contribution in [3.63, 3.8) is 0 Å². The van der Waals surface area contributed by atoms with E-state index in [1.807, 2.05) is 30.3 Å². The van der Waals surface area contributed by atoms with Gasteiger partial charge in [0.15, 0.2) is 0 Å². The lowest BCUT2D eigenvalue weighted by molar-refractivity contribution is -0.120. The van der Waals surface area contributed by atoms with E-state index in [4.69, 9.17) is 0 Å². The summed E-state index contributed by atoms with van der Waals surface area (Å²) in [6.07, 6.45) is 3.03. The number of H-pyrrole nitrogens is 1. The van der Waals surface area contributed by atoms with E-state index in [-0.39, 0.29) is 29.7 Å². The van der Waals surface area contributed by atoms with Crippen LogP contribution in [0.3, 0.4) is 0 Å². The number of amides is 1. The van der Waals surface area contributed by atoms with Crippen molar-refractivity contribution in [3.8, 4) is 0 Å². The normalized spacial score (nSPS) is 12.0. The highest BCUT2D eigenvalue weighted by Crippen LogP contribution is 2.13. The lowest BCUT2D eigenvalue weighted by Crippen LogP contribution is -2.29. The molecule has 0 bridgehead atoms. The number of nitrogens with one attached hydrogen (secondary N) is 2. The Kier molecular flexibility index (Phi) is 4.01. The van der Waals surface area contributed by atoms with Crippen molar-refractivity contribution < 1.29 is 4.79 Å². The van der Waals surface area contributed by atoms with Gasteiger partial charge >= 0.3 is 0 Å². The molecule has 0 saturated carbocycles. The van der Waals surface area contributed by atoms with Crippen molar-refractivity contribution in [2.45, 2.75) is 12.5 Å². The van der Waals surface area contributed by atoms with Gasteiger partial charge < -0.3 is 5.32 Å². The van der Waals surface area contributed by atoms with Gasteiger partial charge in [-0.1, -0.05) is 36.4 Å². The van der Waals surface area contributed by atoms with Gasteiger partial charge in [0.25, 0.3) is 11.3 Å². The first-order valence-electron chi connectivity index (χ1n) is 7.06. The fraction of sp³-hybridized carbons (Fsp3) is 0.125. The molecule has 3 aromatic rings. The molecule has 116 valence electrons. The molecular formula is C16H15N5O2. The monoisotopic (exact) mass is 309 g/mol. The molecule has 7 heteroatoms. The summed E-state index contributed by atoms with van der Waals surface area (Å²) < 4.78 is 1.21. The van der Waals surface area contributed by atoms with E-state index in [2.05, 4.69) is 27.0 Å². The van der Waals surface area contributed by atoms with Gasteiger partial charge in [-0.3, -0.25) is 14.7 Å². The van der Waals surface area contributed by atoms with Gasteiger partial charge in [0.2, 0.25) is 5.91 Å². The number of rotatable bonds is 5. The van der Waals surface area contributed by atoms with Crippen LogP contribution in [0.4, 0.5) is 0 Å². The largest absolute Gasteiger partial charge is 0.345 e. The Bertz CT molecular complexity index is 897. The molecule has 0 saturated heterocycles. The Morgan fingerprint density at radius 1 is 1.39 bits per heavy atom. The number of hydrogen-bond donors (Lipinski definition) is 2. The zero-order chi connectivity index (χ0) is 16.2. The Labute approximate surface area is 131 Å². The molecular weight excluding hydrogens is 294 g/mol. The molecule has 23 heavy (non-hydrogen) atoms. The first-order chi connectivity index (χ1) is 11.2. The van der Waals surface area contributed by atoms with Crippen molar-refractivity contribution in [2.75, 3.05) is 0 Å². The molecule has 3 rings (SSSR count). The second kappa shape index (κ2) is 6.27. The highest BCUT2D eigenvalue weighted by Gasteiger charge is 2.13. The fourth-order valence-electron chi connectivity index (χ4n) is 2.29. The van der Waals surface area contributed by atoms with Gasteiger partial charge in [-0.15, -0.1) is 6.58 Å². The molecule has 2 N–H and O–H groups in total. The summed E-state index contributed by atoms with van der Waals surface area (Å²) in [4.78, 5) is 32.1. The predicted molar refractivity (Wildman–Crippen MR) is 84.8 cm³/mol. The van der Waals surface area contributed by atoms with Crippen LogP contribution in [-0.2, 0) is 11.2 Å². The fourth-order valence-corrected chi connectivity index (χ4v) is 2.29. The van der Waals surface area contributed by atoms with Crippen molar-refractivity contribution in [2.24, 2.45) is 0 Å². The van der Waals surface area contributed by atoms with E-state index in [1.54, 1.807) is 6.08 Å². The number of fused-ring (bicyclic) bond motifs is 1. The second-order valence-corrected chi connectivity index (χ2v) is 4.98. The molecule has 0 spiro atoms. The average Bonchev–Trinajstić information content (AvgIpc) is 3.02. The summed E-state index contributed by atoms with van der Waals surface area (Å²) >= 11 is 0. The van der Waals surface area contributed by atoms with Crippen LogP contribution in [0.5, 0.6) is 0 Å². The van der Waals surface area contributed by atoms with Gasteiger partial charge in [-0.25, -0.2) is 9.97 Å². The Morgan fingerprint density at radius 3 is 2.91 bits per heavy atom. The maximum Gasteiger partial charge on any atom is 0.274 e. The number of nitrogens with zero attached hydrogens (tertiary/aromatic N) is 3. The van der Waals surface area contributed by atoms with Gasteiger partial charge in [0.1, 0.15) is 6.33 Å². The third-order valence-electron chi connectivity index (χ3n) is 3.37. The number of aromatic nitrogens is 4. The van der Waals surface area contributed by atoms with Crippen LogP contribution >= 0.6 is 0 Å². The first kappa shape index (κ1) is 14.7. The van der Waals surface area contributed by atoms with E-state index in [0.29, 0.717) is 5.69 Å². The second-order valence-electron chi connectivity index (χ2n) is 4.98. The maximum absolute atomic E-state index is 12.2. The molecule has 0 radical (unpaired) electrons. The van der Waals surface area contributed by atoms with Crippen LogP contribution in [0.1, 0.15) is 17.3 Å². The summed E-state index contributed by atoms with van der Waals surface area (Å²) in [6.45, 7) is 3.75. The number of benzene rings is 1. The molecule has 2 aromatic heterocycles. The summed E-state index contributed by atoms with van der Waals surface area (Å²) in [5.41, 5.74) is 1.00. The van der Waals surface area contributed by atoms with E-state index in [9.17, 15) is 9.59 Å². The van der Waals surface area contributed by atoms with Crippen molar-refractivity contribution >= 4 is 11.7 Å². The van der Waals surface area contributed by atoms with Crippen LogP contribution in [0, 0.1) is 0 Å². The van der Waals surface area contributed by atoms with Gasteiger partial charge in [0.05, 0.1) is 18.2 Å². The summed E-state index contributed by atoms with van der Waals surface area (Å²) in [6, 6.07) is 10.5. The quantitative estimate of drug-likeness (QED) is 0.688. The first-order valence-corrected chi connectivity index (χ1v) is 7.06. The third-order valence-corrected chi connectivity index (χ3v) is 3.37. The summed E-state index contributed by atoms with van der Waals surface area (Å²) in [5, 5.41) is 5.51. The van der Waals surface area contributed by atoms with Crippen LogP contribution < -0.4 is 10.9 Å². The van der Waals surface area contributed by atoms with E-state index in [0.717, 1.165) is 5.56 Å². The molecule has 1 aromatic carbocycles. The number of carbonyl (C=O) groups excluding carboxylic acids is 1. The highest BCUT2D eigenvalue weighted by molar-refractivity contribution is 5.78. The average molecular weight is 309 g/mol. The number of aromatic amines is 1. The van der Waals surface area contributed by atoms with Crippen molar-refractivity contribution in [3.05, 3.63) is 77.0 Å². The third kappa shape index (κ3) is 3.18. The van der Waals surface area contributed by atoms with E-state index < -0.39 is 0 Å². The lowest BCUT2D eigenvalue weighted by atomic mass is 10.1. The van der Waals surface area contributed by atoms with Crippen LogP contribution in [-0.4, -0.2) is 25.5 Å². The molecule has 1 atom stereocenters. The van der Waals surface area contributed by atoms with Crippen molar-refractivity contribution in [1.82, 2.24) is 24.9 Å². The maximum atomic E-state index is 12.2. The van der Waals surface area contributed by atoms with E-state index in [1.165, 1.54) is 16.9 Å². The zero-order valence-corrected chi connectivity index (χ0v) is 12.3. The van der Waals surface area contributed by atoms with Gasteiger partial charge in [0, 0.05) is 6.07 Å². The standard InChI is InChI=1S/C16H15N5O2/c1-2-13(11-6-4-3-5-7-11)20-14(22)8-12-9-15(23)21-16(19-12)17-10-18-21/h2-7,9-10,13H,1,8H2,(H,20,22)(H,17,18,19). The Morgan fingerprint density at radius 2 is 2.17 bits per heavy atom. The lowest BCUT2D eigenvalue weighted by Gasteiger charge is -2.15. The summed E-state index contributed by atoms with van der Waals surface area (Å²) in [7, 11) is 0. The van der Waals surface area contributed by atoms with Crippen LogP contribution in [0.15, 0.2) is 60.2 Å². The number of hydrogen-bond acceptors (Lipinski definition) is 4. The molecule has 7 nitrogen and oxygen atoms in total. The molecule has 1 unspecified atom stereocenters. The number of carbonyl (C=O) groups is 1. The van der Waals surface area contributed by atoms with Gasteiger partial charge in [-0.05, 0) is 5.56 Å². The van der Waals surface area contributed by atoms with Gasteiger partial charge in [-0.2, -0.15) is 4.52 Å². The zero-order valence-electron chi connectivity index (χ0n) is 12.3. The molecule has 1 amide bonds. The van der Waals surface area contributed by atoms with Crippen LogP contribution in [0.2, 0.25) is 0 Å². The van der Waals surface area contributed by atoms with Crippen molar-refractivity contribution in [1.29, 1.82) is 0 Å². The molecule has 0 fully saturated rings. The molecule has 0 aliphatic rings. The molecule has 0 aliphatic carbocycles. The topological polar surface area (TPSA) is 92.2 Å². The summed E-state index contributed by atoms with van der Waals surface area (Å²) in [5.74, 6) is -0.00540. The minimum absolute atomic E-state index is 0.00419. The Balaban J connectivity index is 1.75. The minimum atomic E-state index is -0.307. The minimum Gasteiger partial charge on any atom is -0.345 e. The SMILES string of the molecule is C=CC(NC(=O)Cc1cc(=O)n2[nH]cnc2n1)c1ccccc1. The molecule has 0 aliphatic heterocycles. The molecule has 2 heterocycles. The predicted octanol–water partition coefficient (Wildman–Crippen LogP) is 1.00. The highest BCUT2D eigenvalue weighted by atomic mass is 16.1. The smallest absolute Gasteiger partial charge is 0.274 e. The van der Waals surface area contributed by atoms with Crippen LogP contribution in [0.25, 0.3) is 5.78 Å².